The van der Waals surface area contributed by atoms with Gasteiger partial charge in [0.05, 0.1) is 21.9 Å². The van der Waals surface area contributed by atoms with E-state index in [1.54, 1.807) is 36.6 Å². The molecule has 1 fully saturated rings. The number of carbonyl (C=O) groups excluding carboxylic acids is 1. The molecule has 0 aliphatic carbocycles. The summed E-state index contributed by atoms with van der Waals surface area (Å²) in [6, 6.07) is 10.8. The minimum Gasteiger partial charge on any atom is -0.465 e. The predicted octanol–water partition coefficient (Wildman–Crippen LogP) is 3.82. The monoisotopic (exact) mass is 304 g/mol. The Morgan fingerprint density at radius 2 is 2.10 bits per heavy atom. The minimum absolute atomic E-state index is 0.197. The molecule has 20 heavy (non-hydrogen) atoms. The van der Waals surface area contributed by atoms with Crippen LogP contribution in [0.3, 0.4) is 0 Å². The summed E-state index contributed by atoms with van der Waals surface area (Å²) < 4.78 is 5.19. The lowest BCUT2D eigenvalue weighted by Crippen LogP contribution is -2.19. The zero-order chi connectivity index (χ0) is 13.9. The summed E-state index contributed by atoms with van der Waals surface area (Å²) >= 11 is 7.28. The first kappa shape index (κ1) is 13.0. The van der Waals surface area contributed by atoms with Gasteiger partial charge in [0.15, 0.2) is 5.17 Å². The number of carbonyl (C=O) groups is 1. The van der Waals surface area contributed by atoms with Gasteiger partial charge in [-0.3, -0.25) is 4.79 Å². The largest absolute Gasteiger partial charge is 0.465 e. The topological polar surface area (TPSA) is 54.6 Å². The Kier molecular flexibility index (Phi) is 3.62. The smallest absolute Gasteiger partial charge is 0.264 e. The quantitative estimate of drug-likeness (QED) is 0.858. The fourth-order valence-corrected chi connectivity index (χ4v) is 2.63. The Morgan fingerprint density at radius 3 is 2.85 bits per heavy atom. The number of thioether (sulfide) groups is 1. The first-order valence-corrected chi connectivity index (χ1v) is 6.99. The van der Waals surface area contributed by atoms with Gasteiger partial charge in [0.2, 0.25) is 0 Å². The third-order valence-electron chi connectivity index (χ3n) is 2.54. The molecule has 1 N–H and O–H groups in total. The third-order valence-corrected chi connectivity index (χ3v) is 3.77. The molecule has 100 valence electrons. The van der Waals surface area contributed by atoms with Crippen molar-refractivity contribution in [2.24, 2.45) is 4.99 Å². The summed E-state index contributed by atoms with van der Waals surface area (Å²) in [7, 11) is 0. The number of nitrogens with zero attached hydrogens (tertiary/aromatic N) is 1. The normalized spacial score (nSPS) is 18.8. The zero-order valence-electron chi connectivity index (χ0n) is 10.2. The van der Waals surface area contributed by atoms with E-state index in [1.807, 2.05) is 12.1 Å². The van der Waals surface area contributed by atoms with Crippen molar-refractivity contribution in [1.29, 1.82) is 0 Å². The molecule has 0 saturated carbocycles. The number of aliphatic imine (C=N–C) groups is 1. The zero-order valence-corrected chi connectivity index (χ0v) is 11.7. The van der Waals surface area contributed by atoms with Crippen LogP contribution in [-0.2, 0) is 4.79 Å². The Hall–Kier alpha value is -1.98. The lowest BCUT2D eigenvalue weighted by molar-refractivity contribution is -0.115. The van der Waals surface area contributed by atoms with Crippen LogP contribution in [0.2, 0.25) is 5.02 Å². The van der Waals surface area contributed by atoms with Crippen molar-refractivity contribution in [3.63, 3.8) is 0 Å². The van der Waals surface area contributed by atoms with Crippen molar-refractivity contribution in [3.8, 4) is 0 Å². The number of para-hydroxylation sites is 1. The molecular formula is C14H9ClN2O2S. The Labute approximate surface area is 124 Å². The van der Waals surface area contributed by atoms with E-state index < -0.39 is 0 Å². The number of amides is 1. The van der Waals surface area contributed by atoms with Gasteiger partial charge < -0.3 is 9.73 Å². The lowest BCUT2D eigenvalue weighted by atomic mass is 10.3. The maximum absolute atomic E-state index is 11.8. The van der Waals surface area contributed by atoms with E-state index in [-0.39, 0.29) is 5.91 Å². The van der Waals surface area contributed by atoms with Crippen LogP contribution in [0.1, 0.15) is 5.76 Å². The van der Waals surface area contributed by atoms with E-state index in [9.17, 15) is 4.79 Å². The Balaban J connectivity index is 1.85. The van der Waals surface area contributed by atoms with Gasteiger partial charge in [-0.1, -0.05) is 23.7 Å². The highest BCUT2D eigenvalue weighted by Gasteiger charge is 2.24. The van der Waals surface area contributed by atoms with E-state index in [0.717, 1.165) is 0 Å². The molecule has 2 heterocycles. The third kappa shape index (κ3) is 2.79. The number of hydrogen-bond acceptors (Lipinski definition) is 4. The first-order chi connectivity index (χ1) is 9.72. The van der Waals surface area contributed by atoms with Crippen molar-refractivity contribution in [3.05, 3.63) is 58.3 Å². The SMILES string of the molecule is O=C1NC(=Nc2ccccc2Cl)S/C1=C\c1ccco1. The van der Waals surface area contributed by atoms with Gasteiger partial charge in [0.1, 0.15) is 5.76 Å². The molecular weight excluding hydrogens is 296 g/mol. The molecule has 1 aromatic carbocycles. The molecule has 3 rings (SSSR count). The maximum atomic E-state index is 11.8. The van der Waals surface area contributed by atoms with Gasteiger partial charge in [-0.25, -0.2) is 4.99 Å². The summed E-state index contributed by atoms with van der Waals surface area (Å²) in [5, 5.41) is 3.74. The second kappa shape index (κ2) is 5.56. The van der Waals surface area contributed by atoms with Gasteiger partial charge in [-0.05, 0) is 36.0 Å². The molecule has 1 aliphatic heterocycles. The first-order valence-electron chi connectivity index (χ1n) is 5.80. The van der Waals surface area contributed by atoms with Gasteiger partial charge in [0, 0.05) is 6.08 Å². The van der Waals surface area contributed by atoms with Gasteiger partial charge >= 0.3 is 0 Å². The van der Waals surface area contributed by atoms with Crippen LogP contribution >= 0.6 is 23.4 Å². The van der Waals surface area contributed by atoms with Crippen LogP contribution in [0.4, 0.5) is 5.69 Å². The fraction of sp³-hybridized carbons (Fsp3) is 0. The van der Waals surface area contributed by atoms with Crippen molar-refractivity contribution >= 4 is 46.2 Å². The van der Waals surface area contributed by atoms with E-state index in [0.29, 0.717) is 26.5 Å². The van der Waals surface area contributed by atoms with E-state index in [4.69, 9.17) is 16.0 Å². The average molecular weight is 305 g/mol. The number of benzene rings is 1. The molecule has 0 unspecified atom stereocenters. The van der Waals surface area contributed by atoms with Crippen LogP contribution in [-0.4, -0.2) is 11.1 Å². The number of rotatable bonds is 2. The molecule has 0 atom stereocenters. The molecule has 0 spiro atoms. The Morgan fingerprint density at radius 1 is 1.25 bits per heavy atom. The molecule has 0 bridgehead atoms. The van der Waals surface area contributed by atoms with Crippen LogP contribution in [0.25, 0.3) is 6.08 Å². The van der Waals surface area contributed by atoms with E-state index >= 15 is 0 Å². The fourth-order valence-electron chi connectivity index (χ4n) is 1.63. The van der Waals surface area contributed by atoms with E-state index in [2.05, 4.69) is 10.3 Å². The predicted molar refractivity (Wildman–Crippen MR) is 81.0 cm³/mol. The number of amidine groups is 1. The molecule has 2 aromatic rings. The molecule has 1 aliphatic rings. The number of nitrogens with one attached hydrogen (secondary N) is 1. The average Bonchev–Trinajstić information content (AvgIpc) is 3.04. The second-order valence-electron chi connectivity index (χ2n) is 3.95. The highest BCUT2D eigenvalue weighted by atomic mass is 35.5. The summed E-state index contributed by atoms with van der Waals surface area (Å²) in [6.45, 7) is 0. The molecule has 1 amide bonds. The maximum Gasteiger partial charge on any atom is 0.264 e. The van der Waals surface area contributed by atoms with Crippen molar-refractivity contribution in [2.45, 2.75) is 0 Å². The second-order valence-corrected chi connectivity index (χ2v) is 5.39. The van der Waals surface area contributed by atoms with Crippen LogP contribution in [0.5, 0.6) is 0 Å². The van der Waals surface area contributed by atoms with Crippen LogP contribution < -0.4 is 5.32 Å². The summed E-state index contributed by atoms with van der Waals surface area (Å²) in [5.41, 5.74) is 0.621. The van der Waals surface area contributed by atoms with Crippen LogP contribution in [0.15, 0.2) is 57.0 Å². The molecule has 1 aromatic heterocycles. The highest BCUT2D eigenvalue weighted by Crippen LogP contribution is 2.30. The van der Waals surface area contributed by atoms with E-state index in [1.165, 1.54) is 11.8 Å². The molecule has 6 heteroatoms. The molecule has 0 radical (unpaired) electrons. The summed E-state index contributed by atoms with van der Waals surface area (Å²) in [6.07, 6.45) is 3.23. The van der Waals surface area contributed by atoms with Crippen molar-refractivity contribution in [2.75, 3.05) is 0 Å². The van der Waals surface area contributed by atoms with Gasteiger partial charge in [0.25, 0.3) is 5.91 Å². The number of hydrogen-bond donors (Lipinski definition) is 1. The minimum atomic E-state index is -0.197. The summed E-state index contributed by atoms with van der Waals surface area (Å²) in [5.74, 6) is 0.429. The number of halogens is 1. The van der Waals surface area contributed by atoms with Gasteiger partial charge in [-0.15, -0.1) is 0 Å². The van der Waals surface area contributed by atoms with Crippen molar-refractivity contribution in [1.82, 2.24) is 5.32 Å². The van der Waals surface area contributed by atoms with Gasteiger partial charge in [-0.2, -0.15) is 0 Å². The highest BCUT2D eigenvalue weighted by molar-refractivity contribution is 8.18. The standard InChI is InChI=1S/C14H9ClN2O2S/c15-10-5-1-2-6-11(10)16-14-17-13(18)12(20-14)8-9-4-3-7-19-9/h1-8H,(H,16,17,18)/b12-8-. The summed E-state index contributed by atoms with van der Waals surface area (Å²) in [4.78, 5) is 16.7. The molecule has 4 nitrogen and oxygen atoms in total. The lowest BCUT2D eigenvalue weighted by Gasteiger charge is -1.98. The van der Waals surface area contributed by atoms with Crippen molar-refractivity contribution < 1.29 is 9.21 Å². The number of furan rings is 1. The van der Waals surface area contributed by atoms with Crippen LogP contribution in [0, 0.1) is 0 Å². The Bertz CT molecular complexity index is 708. The molecule has 1 saturated heterocycles.